The fourth-order valence-electron chi connectivity index (χ4n) is 2.14. The molecule has 0 spiro atoms. The summed E-state index contributed by atoms with van der Waals surface area (Å²) in [6.07, 6.45) is 4.50. The van der Waals surface area contributed by atoms with E-state index in [9.17, 15) is 25.9 Å². The molecule has 0 saturated carbocycles. The summed E-state index contributed by atoms with van der Waals surface area (Å²) in [5.74, 6) is -1.52. The first-order valence-electron chi connectivity index (χ1n) is 7.45. The quantitative estimate of drug-likeness (QED) is 0.443. The number of rotatable bonds is 4. The summed E-state index contributed by atoms with van der Waals surface area (Å²) in [5, 5.41) is -3.19. The first kappa shape index (κ1) is 15.4. The zero-order valence-electron chi connectivity index (χ0n) is 14.1. The fourth-order valence-corrected chi connectivity index (χ4v) is 4.38. The Morgan fingerprint density at radius 2 is 1.83 bits per heavy atom. The van der Waals surface area contributed by atoms with Crippen molar-refractivity contribution in [1.29, 1.82) is 0 Å². The molecule has 0 amide bonds. The SMILES string of the molecule is [3H]c1cc(N)ccc1C=CC1C=CC(N)=C(S(=O)(=O)O)C1([3H])S(=O)(=O)O. The van der Waals surface area contributed by atoms with E-state index in [1.807, 2.05) is 0 Å². The number of hydrogen-bond donors (Lipinski definition) is 4. The van der Waals surface area contributed by atoms with E-state index in [0.29, 0.717) is 11.3 Å². The predicted octanol–water partition coefficient (Wildman–Crippen LogP) is 0.783. The molecule has 2 atom stereocenters. The maximum absolute atomic E-state index is 11.8. The van der Waals surface area contributed by atoms with Crippen molar-refractivity contribution in [2.75, 3.05) is 5.73 Å². The molecule has 130 valence electrons. The van der Waals surface area contributed by atoms with Crippen LogP contribution in [0.1, 0.15) is 8.30 Å². The van der Waals surface area contributed by atoms with Gasteiger partial charge >= 0.3 is 0 Å². The standard InChI is InChI=1S/C14H16N2O6S2/c15-11-6-2-9(3-7-11)1-4-10-5-8-12(16)14(24(20,21)22)13(10)23(17,18)19/h1-8,10,13H,15-16H2,(H,17,18,19)(H,20,21,22)/i2T,13T. The Morgan fingerprint density at radius 3 is 2.38 bits per heavy atom. The molecule has 10 heteroatoms. The van der Waals surface area contributed by atoms with Crippen LogP contribution in [0.2, 0.25) is 0 Å². The second-order valence-electron chi connectivity index (χ2n) is 4.92. The third-order valence-electron chi connectivity index (χ3n) is 3.15. The van der Waals surface area contributed by atoms with Gasteiger partial charge in [0.25, 0.3) is 20.2 Å². The average molecular weight is 376 g/mol. The predicted molar refractivity (Wildman–Crippen MR) is 90.6 cm³/mol. The number of benzene rings is 1. The molecule has 0 fully saturated rings. The number of nitrogens with two attached hydrogens (primary N) is 2. The molecule has 2 rings (SSSR count). The monoisotopic (exact) mass is 376 g/mol. The zero-order valence-corrected chi connectivity index (χ0v) is 13.8. The van der Waals surface area contributed by atoms with Crippen LogP contribution in [0.25, 0.3) is 6.08 Å². The van der Waals surface area contributed by atoms with Crippen molar-refractivity contribution in [3.05, 3.63) is 58.6 Å². The molecule has 24 heavy (non-hydrogen) atoms. The highest BCUT2D eigenvalue weighted by Gasteiger charge is 2.42. The smallest absolute Gasteiger partial charge is 0.294 e. The van der Waals surface area contributed by atoms with E-state index in [1.165, 1.54) is 24.3 Å². The number of allylic oxidation sites excluding steroid dienone is 3. The van der Waals surface area contributed by atoms with Gasteiger partial charge in [0, 0.05) is 17.3 Å². The van der Waals surface area contributed by atoms with Crippen LogP contribution < -0.4 is 11.5 Å². The van der Waals surface area contributed by atoms with Crippen molar-refractivity contribution in [3.8, 4) is 0 Å². The molecule has 8 nitrogen and oxygen atoms in total. The summed E-state index contributed by atoms with van der Waals surface area (Å²) in [7, 11) is -10.5. The Labute approximate surface area is 142 Å². The third-order valence-corrected chi connectivity index (χ3v) is 5.28. The second-order valence-corrected chi connectivity index (χ2v) is 7.67. The van der Waals surface area contributed by atoms with Crippen LogP contribution in [-0.4, -0.2) is 31.2 Å². The van der Waals surface area contributed by atoms with Gasteiger partial charge in [0.05, 0.1) is 2.74 Å². The van der Waals surface area contributed by atoms with Gasteiger partial charge in [-0.2, -0.15) is 16.8 Å². The van der Waals surface area contributed by atoms with Crippen LogP contribution in [0.15, 0.2) is 53.1 Å². The molecule has 6 N–H and O–H groups in total. The maximum Gasteiger partial charge on any atom is 0.294 e. The highest BCUT2D eigenvalue weighted by molar-refractivity contribution is 7.93. The molecular weight excluding hydrogens is 356 g/mol. The molecule has 0 heterocycles. The van der Waals surface area contributed by atoms with Gasteiger partial charge in [-0.15, -0.1) is 0 Å². The minimum absolute atomic E-state index is 0.00790. The Bertz CT molecular complexity index is 1050. The van der Waals surface area contributed by atoms with Crippen LogP contribution in [0.5, 0.6) is 0 Å². The van der Waals surface area contributed by atoms with Gasteiger partial charge in [-0.25, -0.2) is 0 Å². The topological polar surface area (TPSA) is 161 Å². The summed E-state index contributed by atoms with van der Waals surface area (Å²) in [6, 6.07) is 4.31. The lowest BCUT2D eigenvalue weighted by Crippen LogP contribution is -2.36. The first-order valence-corrected chi connectivity index (χ1v) is 9.33. The first-order chi connectivity index (χ1) is 11.8. The van der Waals surface area contributed by atoms with Gasteiger partial charge in [-0.1, -0.05) is 30.3 Å². The molecule has 0 saturated heterocycles. The summed E-state index contributed by atoms with van der Waals surface area (Å²) in [4.78, 5) is -1.34. The van der Waals surface area contributed by atoms with E-state index in [-0.39, 0.29) is 6.04 Å². The Morgan fingerprint density at radius 1 is 1.17 bits per heavy atom. The van der Waals surface area contributed by atoms with E-state index >= 15 is 0 Å². The molecule has 1 aromatic rings. The lowest BCUT2D eigenvalue weighted by Gasteiger charge is -2.25. The number of nitrogen functional groups attached to an aromatic ring is 1. The van der Waals surface area contributed by atoms with Crippen LogP contribution in [0.4, 0.5) is 5.69 Å². The molecule has 1 aliphatic carbocycles. The molecule has 0 aliphatic heterocycles. The lowest BCUT2D eigenvalue weighted by molar-refractivity contribution is 0.457. The largest absolute Gasteiger partial charge is 0.399 e. The summed E-state index contributed by atoms with van der Waals surface area (Å²) in [5.41, 5.74) is 10.9. The van der Waals surface area contributed by atoms with Gasteiger partial charge in [-0.3, -0.25) is 9.11 Å². The Hall–Kier alpha value is -2.14. The van der Waals surface area contributed by atoms with Crippen molar-refractivity contribution in [1.82, 2.24) is 0 Å². The highest BCUT2D eigenvalue weighted by atomic mass is 32.2. The molecule has 1 aliphatic rings. The van der Waals surface area contributed by atoms with Gasteiger partial charge in [-0.05, 0) is 23.8 Å². The molecular formula is C14H16N2O6S2. The zero-order chi connectivity index (χ0) is 19.9. The summed E-state index contributed by atoms with van der Waals surface area (Å²) in [6.45, 7) is 0. The third kappa shape index (κ3) is 4.03. The molecule has 2 unspecified atom stereocenters. The Balaban J connectivity index is 2.62. The van der Waals surface area contributed by atoms with Crippen LogP contribution in [0.3, 0.4) is 0 Å². The maximum atomic E-state index is 11.8. The molecule has 1 aromatic carbocycles. The normalized spacial score (nSPS) is 26.5. The van der Waals surface area contributed by atoms with E-state index in [1.54, 1.807) is 0 Å². The second kappa shape index (κ2) is 6.40. The van der Waals surface area contributed by atoms with E-state index in [0.717, 1.165) is 18.2 Å². The fraction of sp³-hybridized carbons (Fsp3) is 0.143. The van der Waals surface area contributed by atoms with Gasteiger partial charge in [0.1, 0.15) is 10.1 Å². The molecule has 0 aromatic heterocycles. The molecule has 0 radical (unpaired) electrons. The van der Waals surface area contributed by atoms with E-state index in [4.69, 9.17) is 14.2 Å². The summed E-state index contributed by atoms with van der Waals surface area (Å²) < 4.78 is 81.6. The minimum Gasteiger partial charge on any atom is -0.399 e. The lowest BCUT2D eigenvalue weighted by atomic mass is 9.97. The van der Waals surface area contributed by atoms with Crippen LogP contribution >= 0.6 is 0 Å². The van der Waals surface area contributed by atoms with E-state index < -0.39 is 42.0 Å². The van der Waals surface area contributed by atoms with Gasteiger partial charge < -0.3 is 11.5 Å². The summed E-state index contributed by atoms with van der Waals surface area (Å²) >= 11 is 0. The number of hydrogen-bond acceptors (Lipinski definition) is 6. The van der Waals surface area contributed by atoms with Gasteiger partial charge in [0.2, 0.25) is 0 Å². The number of anilines is 1. The average Bonchev–Trinajstić information content (AvgIpc) is 2.45. The van der Waals surface area contributed by atoms with Crippen molar-refractivity contribution >= 4 is 32.0 Å². The van der Waals surface area contributed by atoms with Gasteiger partial charge in [0.15, 0.2) is 0 Å². The van der Waals surface area contributed by atoms with Crippen molar-refractivity contribution < 1.29 is 28.7 Å². The van der Waals surface area contributed by atoms with Crippen LogP contribution in [-0.2, 0) is 20.2 Å². The molecule has 0 bridgehead atoms. The van der Waals surface area contributed by atoms with Crippen molar-refractivity contribution in [3.63, 3.8) is 0 Å². The minimum atomic E-state index is -5.34. The Kier molecular flexibility index (Phi) is 4.10. The highest BCUT2D eigenvalue weighted by Crippen LogP contribution is 2.32. The van der Waals surface area contributed by atoms with Crippen LogP contribution in [0, 0.1) is 5.92 Å². The van der Waals surface area contributed by atoms with E-state index in [2.05, 4.69) is 0 Å². The van der Waals surface area contributed by atoms with Crippen molar-refractivity contribution in [2.45, 2.75) is 5.23 Å². The van der Waals surface area contributed by atoms with Crippen molar-refractivity contribution in [2.24, 2.45) is 11.7 Å².